The number of primary amides is 1. The van der Waals surface area contributed by atoms with Crippen molar-refractivity contribution in [1.82, 2.24) is 4.98 Å². The number of hydrogen-bond donors (Lipinski definition) is 2. The van der Waals surface area contributed by atoms with Gasteiger partial charge in [0.1, 0.15) is 16.3 Å². The Morgan fingerprint density at radius 1 is 1.57 bits per heavy atom. The van der Waals surface area contributed by atoms with Gasteiger partial charge in [-0.1, -0.05) is 11.6 Å². The summed E-state index contributed by atoms with van der Waals surface area (Å²) in [7, 11) is 0. The second-order valence-corrected chi connectivity index (χ2v) is 2.80. The second-order valence-electron chi connectivity index (χ2n) is 2.42. The van der Waals surface area contributed by atoms with E-state index in [9.17, 15) is 18.4 Å². The molecule has 1 amide bonds. The van der Waals surface area contributed by atoms with Crippen molar-refractivity contribution in [3.63, 3.8) is 0 Å². The predicted molar refractivity (Wildman–Crippen MR) is 45.5 cm³/mol. The van der Waals surface area contributed by atoms with Crippen LogP contribution in [0.4, 0.5) is 8.78 Å². The number of aromatic nitrogens is 1. The summed E-state index contributed by atoms with van der Waals surface area (Å²) in [5.74, 6) is -1.02. The lowest BCUT2D eigenvalue weighted by molar-refractivity contribution is 0.0998. The first kappa shape index (κ1) is 10.6. The number of carbonyl (C=O) groups excluding carboxylic acids is 1. The first-order chi connectivity index (χ1) is 6.45. The highest BCUT2D eigenvalue weighted by Crippen LogP contribution is 2.21. The fourth-order valence-corrected chi connectivity index (χ4v) is 1.10. The minimum Gasteiger partial charge on any atom is -0.365 e. The molecule has 1 aromatic heterocycles. The van der Waals surface area contributed by atoms with Crippen LogP contribution in [0.2, 0.25) is 5.02 Å². The third kappa shape index (κ3) is 1.74. The lowest BCUT2D eigenvalue weighted by Crippen LogP contribution is -2.23. The summed E-state index contributed by atoms with van der Waals surface area (Å²) in [5, 5.41) is -0.712. The van der Waals surface area contributed by atoms with E-state index in [1.807, 2.05) is 4.98 Å². The summed E-state index contributed by atoms with van der Waals surface area (Å²) in [6.45, 7) is 0. The molecule has 76 valence electrons. The molecule has 0 aromatic carbocycles. The van der Waals surface area contributed by atoms with Crippen molar-refractivity contribution in [3.05, 3.63) is 32.7 Å². The lowest BCUT2D eigenvalue weighted by Gasteiger charge is -2.03. The molecule has 7 heteroatoms. The molecule has 1 aromatic rings. The molecule has 3 N–H and O–H groups in total. The van der Waals surface area contributed by atoms with Crippen molar-refractivity contribution < 1.29 is 13.6 Å². The average molecular weight is 223 g/mol. The molecule has 0 radical (unpaired) electrons. The zero-order valence-electron chi connectivity index (χ0n) is 6.68. The van der Waals surface area contributed by atoms with E-state index in [-0.39, 0.29) is 0 Å². The zero-order valence-corrected chi connectivity index (χ0v) is 7.44. The van der Waals surface area contributed by atoms with Crippen LogP contribution < -0.4 is 11.2 Å². The zero-order chi connectivity index (χ0) is 10.9. The normalized spacial score (nSPS) is 10.6. The number of halogens is 3. The van der Waals surface area contributed by atoms with Gasteiger partial charge in [-0.3, -0.25) is 9.59 Å². The molecule has 0 atom stereocenters. The Kier molecular flexibility index (Phi) is 2.85. The Morgan fingerprint density at radius 3 is 2.57 bits per heavy atom. The van der Waals surface area contributed by atoms with Crippen molar-refractivity contribution >= 4 is 17.5 Å². The van der Waals surface area contributed by atoms with E-state index in [0.717, 1.165) is 6.20 Å². The molecule has 14 heavy (non-hydrogen) atoms. The quantitative estimate of drug-likeness (QED) is 0.785. The topological polar surface area (TPSA) is 76.0 Å². The van der Waals surface area contributed by atoms with Gasteiger partial charge in [-0.15, -0.1) is 0 Å². The van der Waals surface area contributed by atoms with E-state index < -0.39 is 34.0 Å². The van der Waals surface area contributed by atoms with Gasteiger partial charge in [-0.25, -0.2) is 8.78 Å². The molecular weight excluding hydrogens is 218 g/mol. The molecule has 1 rings (SSSR count). The smallest absolute Gasteiger partial charge is 0.279 e. The third-order valence-corrected chi connectivity index (χ3v) is 1.91. The van der Waals surface area contributed by atoms with Gasteiger partial charge in [0.25, 0.3) is 12.3 Å². The number of amides is 1. The van der Waals surface area contributed by atoms with Crippen molar-refractivity contribution in [3.8, 4) is 0 Å². The van der Waals surface area contributed by atoms with E-state index in [2.05, 4.69) is 0 Å². The van der Waals surface area contributed by atoms with Crippen LogP contribution in [0.15, 0.2) is 11.0 Å². The Labute approximate surface area is 81.7 Å². The Hall–Kier alpha value is -1.43. The number of nitrogens with two attached hydrogens (primary N) is 1. The highest BCUT2D eigenvalue weighted by molar-refractivity contribution is 6.31. The van der Waals surface area contributed by atoms with Crippen LogP contribution >= 0.6 is 11.6 Å². The van der Waals surface area contributed by atoms with Crippen LogP contribution in [-0.2, 0) is 0 Å². The number of H-pyrrole nitrogens is 1. The summed E-state index contributed by atoms with van der Waals surface area (Å²) >= 11 is 5.31. The van der Waals surface area contributed by atoms with Crippen molar-refractivity contribution in [2.45, 2.75) is 6.43 Å². The van der Waals surface area contributed by atoms with Gasteiger partial charge in [0.05, 0.1) is 0 Å². The van der Waals surface area contributed by atoms with Gasteiger partial charge in [-0.2, -0.15) is 0 Å². The first-order valence-corrected chi connectivity index (χ1v) is 3.82. The molecule has 0 aliphatic heterocycles. The van der Waals surface area contributed by atoms with Crippen LogP contribution in [0.1, 0.15) is 22.5 Å². The van der Waals surface area contributed by atoms with E-state index in [4.69, 9.17) is 17.3 Å². The molecular formula is C7H5ClF2N2O2. The summed E-state index contributed by atoms with van der Waals surface area (Å²) in [6, 6.07) is 0. The van der Waals surface area contributed by atoms with Crippen molar-refractivity contribution in [2.75, 3.05) is 0 Å². The number of pyridine rings is 1. The fourth-order valence-electron chi connectivity index (χ4n) is 0.861. The summed E-state index contributed by atoms with van der Waals surface area (Å²) in [4.78, 5) is 23.8. The maximum atomic E-state index is 12.2. The standard InChI is InChI=1S/C7H5ClF2N2O2/c8-3-4(6(9)10)12-1-2(5(3)13)7(11)14/h1,6H,(H2,11,14)(H,12,13). The summed E-state index contributed by atoms with van der Waals surface area (Å²) in [5.41, 5.74) is 2.65. The van der Waals surface area contributed by atoms with E-state index in [0.29, 0.717) is 0 Å². The van der Waals surface area contributed by atoms with Gasteiger partial charge in [-0.05, 0) is 0 Å². The van der Waals surface area contributed by atoms with Gasteiger partial charge >= 0.3 is 0 Å². The second kappa shape index (κ2) is 3.75. The van der Waals surface area contributed by atoms with Gasteiger partial charge in [0.2, 0.25) is 5.43 Å². The van der Waals surface area contributed by atoms with Crippen LogP contribution in [0, 0.1) is 0 Å². The molecule has 0 saturated carbocycles. The Balaban J connectivity index is 3.42. The van der Waals surface area contributed by atoms with E-state index in [1.54, 1.807) is 0 Å². The van der Waals surface area contributed by atoms with Crippen LogP contribution in [0.25, 0.3) is 0 Å². The summed E-state index contributed by atoms with van der Waals surface area (Å²) < 4.78 is 24.3. The van der Waals surface area contributed by atoms with Gasteiger partial charge in [0.15, 0.2) is 0 Å². The number of hydrogen-bond acceptors (Lipinski definition) is 2. The highest BCUT2D eigenvalue weighted by atomic mass is 35.5. The van der Waals surface area contributed by atoms with Crippen LogP contribution in [-0.4, -0.2) is 10.9 Å². The molecule has 0 aliphatic carbocycles. The largest absolute Gasteiger partial charge is 0.365 e. The SMILES string of the molecule is NC(=O)c1c[nH]c(C(F)F)c(Cl)c1=O. The number of aromatic amines is 1. The number of rotatable bonds is 2. The van der Waals surface area contributed by atoms with E-state index in [1.165, 1.54) is 0 Å². The molecule has 0 fully saturated rings. The third-order valence-electron chi connectivity index (χ3n) is 1.54. The van der Waals surface area contributed by atoms with E-state index >= 15 is 0 Å². The molecule has 0 saturated heterocycles. The number of nitrogens with one attached hydrogen (secondary N) is 1. The maximum Gasteiger partial charge on any atom is 0.279 e. The molecule has 0 aliphatic rings. The fraction of sp³-hybridized carbons (Fsp3) is 0.143. The van der Waals surface area contributed by atoms with Crippen LogP contribution in [0.5, 0.6) is 0 Å². The van der Waals surface area contributed by atoms with Crippen molar-refractivity contribution in [1.29, 1.82) is 0 Å². The molecule has 0 bridgehead atoms. The maximum absolute atomic E-state index is 12.2. The number of alkyl halides is 2. The lowest BCUT2D eigenvalue weighted by atomic mass is 10.2. The molecule has 0 unspecified atom stereocenters. The molecule has 0 spiro atoms. The molecule has 4 nitrogen and oxygen atoms in total. The monoisotopic (exact) mass is 222 g/mol. The average Bonchev–Trinajstić information content (AvgIpc) is 2.08. The summed E-state index contributed by atoms with van der Waals surface area (Å²) in [6.07, 6.45) is -2.09. The predicted octanol–water partition coefficient (Wildman–Crippen LogP) is 1.06. The first-order valence-electron chi connectivity index (χ1n) is 3.44. The minimum atomic E-state index is -2.91. The number of carbonyl (C=O) groups is 1. The highest BCUT2D eigenvalue weighted by Gasteiger charge is 2.18. The van der Waals surface area contributed by atoms with Crippen LogP contribution in [0.3, 0.4) is 0 Å². The van der Waals surface area contributed by atoms with Gasteiger partial charge in [0, 0.05) is 6.20 Å². The Morgan fingerprint density at radius 2 is 2.14 bits per heavy atom. The minimum absolute atomic E-state index is 0.445. The molecule has 1 heterocycles. The van der Waals surface area contributed by atoms with Gasteiger partial charge < -0.3 is 10.7 Å². The Bertz CT molecular complexity index is 430. The van der Waals surface area contributed by atoms with Crippen molar-refractivity contribution in [2.24, 2.45) is 5.73 Å².